The molecule has 1 fully saturated rings. The highest BCUT2D eigenvalue weighted by Gasteiger charge is 2.32. The van der Waals surface area contributed by atoms with E-state index in [0.29, 0.717) is 26.2 Å². The minimum absolute atomic E-state index is 0.0691. The molecular formula is C13H24N2O4. The molecule has 0 aromatic heterocycles. The van der Waals surface area contributed by atoms with E-state index in [-0.39, 0.29) is 18.2 Å². The highest BCUT2D eigenvalue weighted by Crippen LogP contribution is 2.15. The standard InChI is InChI=1S/C13H24N2O4/c1-6-18-12(17)15-8-7-14(9-10(15)2)11(16)19-13(3,4)5/h10H,6-9H2,1-5H3. The van der Waals surface area contributed by atoms with Crippen molar-refractivity contribution < 1.29 is 19.1 Å². The molecule has 0 bridgehead atoms. The maximum atomic E-state index is 11.9. The molecule has 6 nitrogen and oxygen atoms in total. The molecule has 0 aromatic rings. The third-order valence-electron chi connectivity index (χ3n) is 2.78. The van der Waals surface area contributed by atoms with Gasteiger partial charge in [0.2, 0.25) is 0 Å². The monoisotopic (exact) mass is 272 g/mol. The molecule has 0 saturated carbocycles. The fraction of sp³-hybridized carbons (Fsp3) is 0.846. The Labute approximate surface area is 114 Å². The molecule has 1 aliphatic rings. The highest BCUT2D eigenvalue weighted by molar-refractivity contribution is 5.71. The largest absolute Gasteiger partial charge is 0.450 e. The lowest BCUT2D eigenvalue weighted by Gasteiger charge is -2.39. The van der Waals surface area contributed by atoms with Gasteiger partial charge in [-0.3, -0.25) is 0 Å². The average Bonchev–Trinajstić information content (AvgIpc) is 2.26. The molecule has 2 amide bonds. The molecule has 0 aliphatic carbocycles. The smallest absolute Gasteiger partial charge is 0.410 e. The van der Waals surface area contributed by atoms with Gasteiger partial charge in [0, 0.05) is 19.6 Å². The molecule has 1 saturated heterocycles. The molecule has 0 aromatic carbocycles. The Bertz CT molecular complexity index is 338. The summed E-state index contributed by atoms with van der Waals surface area (Å²) in [6, 6.07) is -0.0691. The normalized spacial score (nSPS) is 20.2. The molecule has 1 aliphatic heterocycles. The molecule has 1 heterocycles. The van der Waals surface area contributed by atoms with Gasteiger partial charge in [-0.1, -0.05) is 0 Å². The number of amides is 2. The van der Waals surface area contributed by atoms with Crippen LogP contribution >= 0.6 is 0 Å². The number of rotatable bonds is 1. The fourth-order valence-corrected chi connectivity index (χ4v) is 1.93. The summed E-state index contributed by atoms with van der Waals surface area (Å²) >= 11 is 0. The summed E-state index contributed by atoms with van der Waals surface area (Å²) in [7, 11) is 0. The van der Waals surface area contributed by atoms with E-state index in [1.54, 1.807) is 16.7 Å². The van der Waals surface area contributed by atoms with Crippen LogP contribution in [-0.2, 0) is 9.47 Å². The summed E-state index contributed by atoms with van der Waals surface area (Å²) < 4.78 is 10.3. The number of piperazine rings is 1. The first-order chi connectivity index (χ1) is 8.74. The van der Waals surface area contributed by atoms with Crippen LogP contribution in [0.4, 0.5) is 9.59 Å². The second-order valence-corrected chi connectivity index (χ2v) is 5.67. The van der Waals surface area contributed by atoms with E-state index < -0.39 is 5.60 Å². The summed E-state index contributed by atoms with van der Waals surface area (Å²) in [4.78, 5) is 26.9. The van der Waals surface area contributed by atoms with Crippen LogP contribution in [0.25, 0.3) is 0 Å². The van der Waals surface area contributed by atoms with Gasteiger partial charge < -0.3 is 19.3 Å². The lowest BCUT2D eigenvalue weighted by molar-refractivity contribution is 0.00440. The Morgan fingerprint density at radius 2 is 1.84 bits per heavy atom. The third kappa shape index (κ3) is 4.61. The van der Waals surface area contributed by atoms with Crippen molar-refractivity contribution in [2.75, 3.05) is 26.2 Å². The van der Waals surface area contributed by atoms with Crippen LogP contribution in [-0.4, -0.2) is 59.9 Å². The van der Waals surface area contributed by atoms with E-state index >= 15 is 0 Å². The number of hydrogen-bond acceptors (Lipinski definition) is 4. The summed E-state index contributed by atoms with van der Waals surface area (Å²) in [6.45, 7) is 10.9. The van der Waals surface area contributed by atoms with Crippen molar-refractivity contribution in [3.63, 3.8) is 0 Å². The zero-order valence-corrected chi connectivity index (χ0v) is 12.4. The quantitative estimate of drug-likeness (QED) is 0.733. The van der Waals surface area contributed by atoms with E-state index in [1.165, 1.54) is 0 Å². The van der Waals surface area contributed by atoms with Gasteiger partial charge in [-0.25, -0.2) is 9.59 Å². The van der Waals surface area contributed by atoms with Crippen molar-refractivity contribution in [3.05, 3.63) is 0 Å². The number of hydrogen-bond donors (Lipinski definition) is 0. The molecule has 1 atom stereocenters. The molecule has 6 heteroatoms. The summed E-state index contributed by atoms with van der Waals surface area (Å²) in [5.74, 6) is 0. The van der Waals surface area contributed by atoms with E-state index in [4.69, 9.17) is 9.47 Å². The molecular weight excluding hydrogens is 248 g/mol. The van der Waals surface area contributed by atoms with Crippen LogP contribution in [0.3, 0.4) is 0 Å². The Hall–Kier alpha value is -1.46. The first-order valence-electron chi connectivity index (χ1n) is 6.66. The SMILES string of the molecule is CCOC(=O)N1CCN(C(=O)OC(C)(C)C)CC1C. The van der Waals surface area contributed by atoms with Crippen LogP contribution in [0.1, 0.15) is 34.6 Å². The van der Waals surface area contributed by atoms with Crippen LogP contribution in [0.15, 0.2) is 0 Å². The maximum absolute atomic E-state index is 11.9. The first kappa shape index (κ1) is 15.6. The highest BCUT2D eigenvalue weighted by atomic mass is 16.6. The van der Waals surface area contributed by atoms with Gasteiger partial charge >= 0.3 is 12.2 Å². The lowest BCUT2D eigenvalue weighted by Crippen LogP contribution is -2.56. The molecule has 0 N–H and O–H groups in total. The van der Waals surface area contributed by atoms with E-state index in [9.17, 15) is 9.59 Å². The lowest BCUT2D eigenvalue weighted by atomic mass is 10.2. The van der Waals surface area contributed by atoms with Gasteiger partial charge in [0.15, 0.2) is 0 Å². The van der Waals surface area contributed by atoms with Crippen molar-refractivity contribution in [3.8, 4) is 0 Å². The fourth-order valence-electron chi connectivity index (χ4n) is 1.93. The van der Waals surface area contributed by atoms with Gasteiger partial charge in [-0.15, -0.1) is 0 Å². The van der Waals surface area contributed by atoms with Crippen LogP contribution in [0.5, 0.6) is 0 Å². The van der Waals surface area contributed by atoms with Gasteiger partial charge in [0.05, 0.1) is 12.6 Å². The Kier molecular flexibility index (Phi) is 5.03. The number of nitrogens with zero attached hydrogens (tertiary/aromatic N) is 2. The Balaban J connectivity index is 2.54. The Morgan fingerprint density at radius 1 is 1.21 bits per heavy atom. The van der Waals surface area contributed by atoms with Crippen molar-refractivity contribution in [1.29, 1.82) is 0 Å². The zero-order valence-electron chi connectivity index (χ0n) is 12.4. The van der Waals surface area contributed by atoms with E-state index in [2.05, 4.69) is 0 Å². The maximum Gasteiger partial charge on any atom is 0.410 e. The zero-order chi connectivity index (χ0) is 14.6. The molecule has 110 valence electrons. The van der Waals surface area contributed by atoms with E-state index in [0.717, 1.165) is 0 Å². The van der Waals surface area contributed by atoms with E-state index in [1.807, 2.05) is 27.7 Å². The van der Waals surface area contributed by atoms with Gasteiger partial charge in [0.25, 0.3) is 0 Å². The minimum Gasteiger partial charge on any atom is -0.450 e. The first-order valence-corrected chi connectivity index (χ1v) is 6.66. The number of ether oxygens (including phenoxy) is 2. The summed E-state index contributed by atoms with van der Waals surface area (Å²) in [6.07, 6.45) is -0.651. The topological polar surface area (TPSA) is 59.1 Å². The predicted octanol–water partition coefficient (Wildman–Crippen LogP) is 2.08. The molecule has 0 radical (unpaired) electrons. The predicted molar refractivity (Wildman–Crippen MR) is 71.0 cm³/mol. The van der Waals surface area contributed by atoms with Crippen molar-refractivity contribution in [2.24, 2.45) is 0 Å². The molecule has 1 rings (SSSR count). The minimum atomic E-state index is -0.501. The summed E-state index contributed by atoms with van der Waals surface area (Å²) in [5.41, 5.74) is -0.501. The second kappa shape index (κ2) is 6.12. The van der Waals surface area contributed by atoms with Crippen LogP contribution in [0.2, 0.25) is 0 Å². The van der Waals surface area contributed by atoms with Crippen molar-refractivity contribution >= 4 is 12.2 Å². The van der Waals surface area contributed by atoms with Crippen LogP contribution in [0, 0.1) is 0 Å². The van der Waals surface area contributed by atoms with Crippen molar-refractivity contribution in [2.45, 2.75) is 46.3 Å². The number of carbonyl (C=O) groups excluding carboxylic acids is 2. The van der Waals surface area contributed by atoms with Crippen LogP contribution < -0.4 is 0 Å². The van der Waals surface area contributed by atoms with Gasteiger partial charge in [-0.2, -0.15) is 0 Å². The van der Waals surface area contributed by atoms with Gasteiger partial charge in [-0.05, 0) is 34.6 Å². The van der Waals surface area contributed by atoms with Gasteiger partial charge in [0.1, 0.15) is 5.60 Å². The molecule has 1 unspecified atom stereocenters. The Morgan fingerprint density at radius 3 is 2.32 bits per heavy atom. The van der Waals surface area contributed by atoms with Crippen molar-refractivity contribution in [1.82, 2.24) is 9.80 Å². The summed E-state index contributed by atoms with van der Waals surface area (Å²) in [5, 5.41) is 0. The average molecular weight is 272 g/mol. The second-order valence-electron chi connectivity index (χ2n) is 5.67. The number of carbonyl (C=O) groups is 2. The molecule has 19 heavy (non-hydrogen) atoms. The molecule has 0 spiro atoms. The third-order valence-corrected chi connectivity index (χ3v) is 2.78.